The number of carbonyl (C=O) groups is 1. The van der Waals surface area contributed by atoms with Crippen LogP contribution in [0.5, 0.6) is 0 Å². The van der Waals surface area contributed by atoms with Gasteiger partial charge in [-0.1, -0.05) is 65.3 Å². The molecule has 5 nitrogen and oxygen atoms in total. The lowest BCUT2D eigenvalue weighted by molar-refractivity contribution is -0.117. The van der Waals surface area contributed by atoms with Gasteiger partial charge in [-0.3, -0.25) is 4.79 Å². The van der Waals surface area contributed by atoms with Gasteiger partial charge in [-0.2, -0.15) is 5.26 Å². The largest absolute Gasteiger partial charge is 0.388 e. The molecule has 0 aromatic carbocycles. The quantitative estimate of drug-likeness (QED) is 0.228. The van der Waals surface area contributed by atoms with E-state index in [1.165, 1.54) is 6.42 Å². The predicted molar refractivity (Wildman–Crippen MR) is 156 cm³/mol. The highest BCUT2D eigenvalue weighted by atomic mass is 19.1. The first-order valence-corrected chi connectivity index (χ1v) is 13.5. The second-order valence-electron chi connectivity index (χ2n) is 9.59. The summed E-state index contributed by atoms with van der Waals surface area (Å²) in [6.45, 7) is 18.0. The van der Waals surface area contributed by atoms with Crippen molar-refractivity contribution in [3.05, 3.63) is 76.1 Å². The lowest BCUT2D eigenvalue weighted by atomic mass is 9.89. The predicted octanol–water partition coefficient (Wildman–Crippen LogP) is 7.96. The van der Waals surface area contributed by atoms with Crippen LogP contribution in [-0.2, 0) is 4.79 Å². The lowest BCUT2D eigenvalue weighted by Crippen LogP contribution is -2.16. The first-order valence-electron chi connectivity index (χ1n) is 13.5. The maximum Gasteiger partial charge on any atom is 0.231 e. The molecule has 2 N–H and O–H groups in total. The minimum Gasteiger partial charge on any atom is -0.388 e. The molecule has 1 saturated carbocycles. The standard InChI is InChI=1S/C29H36FN3O2.C3H8/c1-7-10-21(16-31)24(23(9-3)19(5)12-20(6)27(34)11-8-2)14-22-17-32-28(13-18(22)4)33-29(35)25-15-26(25)30;1-3-2/h9-10,12-14,17,25-27,34H,6-8,11,15H2,1-5H3,(H,32,33,35);3H2,1-2H3/b19-12-,21-10+,23-9+,24-14+;. The van der Waals surface area contributed by atoms with Crippen molar-refractivity contribution in [3.8, 4) is 6.07 Å². The van der Waals surface area contributed by atoms with Crippen LogP contribution >= 0.6 is 0 Å². The van der Waals surface area contributed by atoms with E-state index in [0.29, 0.717) is 29.8 Å². The molecule has 0 radical (unpaired) electrons. The van der Waals surface area contributed by atoms with Crippen LogP contribution in [0.25, 0.3) is 6.08 Å². The lowest BCUT2D eigenvalue weighted by Gasteiger charge is -2.16. The molecule has 3 unspecified atom stereocenters. The molecule has 1 aliphatic carbocycles. The molecular formula is C32H44FN3O2. The molecule has 0 aliphatic heterocycles. The molecule has 1 aliphatic rings. The molecule has 1 heterocycles. The summed E-state index contributed by atoms with van der Waals surface area (Å²) in [4.78, 5) is 16.4. The van der Waals surface area contributed by atoms with Crippen LogP contribution in [0, 0.1) is 24.2 Å². The molecule has 1 amide bonds. The van der Waals surface area contributed by atoms with Crippen molar-refractivity contribution in [3.63, 3.8) is 0 Å². The summed E-state index contributed by atoms with van der Waals surface area (Å²) in [6.07, 6.45) is 11.3. The normalized spacial score (nSPS) is 18.6. The van der Waals surface area contributed by atoms with Crippen LogP contribution in [0.15, 0.2) is 64.9 Å². The molecule has 38 heavy (non-hydrogen) atoms. The number of pyridine rings is 1. The zero-order valence-electron chi connectivity index (χ0n) is 24.1. The van der Waals surface area contributed by atoms with E-state index in [-0.39, 0.29) is 12.3 Å². The summed E-state index contributed by atoms with van der Waals surface area (Å²) in [5.41, 5.74) is 5.29. The van der Waals surface area contributed by atoms with Crippen LogP contribution in [0.4, 0.5) is 10.2 Å². The highest BCUT2D eigenvalue weighted by molar-refractivity contribution is 5.94. The van der Waals surface area contributed by atoms with Gasteiger partial charge in [0.15, 0.2) is 0 Å². The number of alkyl halides is 1. The van der Waals surface area contributed by atoms with Gasteiger partial charge in [-0.25, -0.2) is 9.37 Å². The molecule has 0 bridgehead atoms. The van der Waals surface area contributed by atoms with Crippen LogP contribution < -0.4 is 5.32 Å². The number of amides is 1. The van der Waals surface area contributed by atoms with Crippen molar-refractivity contribution >= 4 is 17.8 Å². The fourth-order valence-corrected chi connectivity index (χ4v) is 3.82. The Hall–Kier alpha value is -3.30. The van der Waals surface area contributed by atoms with E-state index in [1.54, 1.807) is 12.3 Å². The number of carbonyl (C=O) groups excluding carboxylic acids is 1. The van der Waals surface area contributed by atoms with Crippen molar-refractivity contribution < 1.29 is 14.3 Å². The molecule has 0 spiro atoms. The van der Waals surface area contributed by atoms with E-state index in [0.717, 1.165) is 34.3 Å². The number of aryl methyl sites for hydroxylation is 1. The van der Waals surface area contributed by atoms with Crippen LogP contribution in [0.3, 0.4) is 0 Å². The molecule has 0 saturated heterocycles. The minimum absolute atomic E-state index is 0.261. The molecule has 206 valence electrons. The van der Waals surface area contributed by atoms with Crippen molar-refractivity contribution in [1.82, 2.24) is 4.98 Å². The SMILES string of the molecule is C=C(\C=C(C)/C(=C\C)C(=C/c1cnc(NC(=O)C2CC2F)cc1C)/C(C#N)=C/CC)C(O)CCC.CCC. The summed E-state index contributed by atoms with van der Waals surface area (Å²) in [5, 5.41) is 22.9. The highest BCUT2D eigenvalue weighted by Gasteiger charge is 2.43. The number of allylic oxidation sites excluding steroid dienone is 6. The van der Waals surface area contributed by atoms with Crippen molar-refractivity contribution in [2.24, 2.45) is 5.92 Å². The average Bonchev–Trinajstić information content (AvgIpc) is 3.61. The maximum absolute atomic E-state index is 13.2. The Morgan fingerprint density at radius 2 is 1.97 bits per heavy atom. The molecule has 2 rings (SSSR count). The molecule has 1 fully saturated rings. The summed E-state index contributed by atoms with van der Waals surface area (Å²) < 4.78 is 13.2. The van der Waals surface area contributed by atoms with Crippen LogP contribution in [-0.4, -0.2) is 28.3 Å². The Kier molecular flexibility index (Phi) is 14.2. The van der Waals surface area contributed by atoms with Gasteiger partial charge in [0, 0.05) is 6.20 Å². The smallest absolute Gasteiger partial charge is 0.231 e. The van der Waals surface area contributed by atoms with E-state index < -0.39 is 18.2 Å². The van der Waals surface area contributed by atoms with Crippen molar-refractivity contribution in [1.29, 1.82) is 5.26 Å². The third kappa shape index (κ3) is 9.87. The first-order chi connectivity index (χ1) is 18.1. The van der Waals surface area contributed by atoms with E-state index >= 15 is 0 Å². The second kappa shape index (κ2) is 16.5. The van der Waals surface area contributed by atoms with Gasteiger partial charge in [0.25, 0.3) is 0 Å². The Bertz CT molecular complexity index is 1140. The van der Waals surface area contributed by atoms with Crippen LogP contribution in [0.1, 0.15) is 84.8 Å². The van der Waals surface area contributed by atoms with Gasteiger partial charge in [-0.15, -0.1) is 0 Å². The summed E-state index contributed by atoms with van der Waals surface area (Å²) >= 11 is 0. The van der Waals surface area contributed by atoms with E-state index in [1.807, 2.05) is 58.9 Å². The van der Waals surface area contributed by atoms with E-state index in [9.17, 15) is 19.6 Å². The molecule has 6 heteroatoms. The van der Waals surface area contributed by atoms with Crippen molar-refractivity contribution in [2.75, 3.05) is 5.32 Å². The average molecular weight is 522 g/mol. The number of aromatic nitrogens is 1. The number of aliphatic hydroxyl groups excluding tert-OH is 1. The number of hydrogen-bond acceptors (Lipinski definition) is 4. The number of nitrogens with zero attached hydrogens (tertiary/aromatic N) is 2. The number of nitriles is 1. The Labute approximate surface area is 228 Å². The minimum atomic E-state index is -1.06. The molecule has 1 aromatic heterocycles. The molecule has 1 aromatic rings. The van der Waals surface area contributed by atoms with E-state index in [4.69, 9.17) is 0 Å². The first kappa shape index (κ1) is 32.7. The number of rotatable bonds is 11. The van der Waals surface area contributed by atoms with Gasteiger partial charge in [0.1, 0.15) is 12.0 Å². The summed E-state index contributed by atoms with van der Waals surface area (Å²) in [7, 11) is 0. The number of halogens is 1. The third-order valence-electron chi connectivity index (χ3n) is 5.97. The Morgan fingerprint density at radius 3 is 2.45 bits per heavy atom. The van der Waals surface area contributed by atoms with Gasteiger partial charge in [0.05, 0.1) is 23.7 Å². The van der Waals surface area contributed by atoms with Gasteiger partial charge in [0.2, 0.25) is 5.91 Å². The summed E-state index contributed by atoms with van der Waals surface area (Å²) in [5.74, 6) is -0.565. The van der Waals surface area contributed by atoms with Gasteiger partial charge >= 0.3 is 0 Å². The Morgan fingerprint density at radius 1 is 1.34 bits per heavy atom. The number of anilines is 1. The van der Waals surface area contributed by atoms with Gasteiger partial charge in [-0.05, 0) is 85.6 Å². The summed E-state index contributed by atoms with van der Waals surface area (Å²) in [6, 6.07) is 4.05. The van der Waals surface area contributed by atoms with E-state index in [2.05, 4.69) is 36.8 Å². The fraction of sp³-hybridized carbons (Fsp3) is 0.469. The molecule has 3 atom stereocenters. The highest BCUT2D eigenvalue weighted by Crippen LogP contribution is 2.35. The van der Waals surface area contributed by atoms with Crippen molar-refractivity contribution in [2.45, 2.75) is 92.8 Å². The number of nitrogens with one attached hydrogen (secondary N) is 1. The zero-order valence-corrected chi connectivity index (χ0v) is 24.1. The second-order valence-corrected chi connectivity index (χ2v) is 9.59. The van der Waals surface area contributed by atoms with Gasteiger partial charge < -0.3 is 10.4 Å². The fourth-order valence-electron chi connectivity index (χ4n) is 3.82. The zero-order chi connectivity index (χ0) is 28.8. The number of aliphatic hydroxyl groups is 1. The van der Waals surface area contributed by atoms with Crippen LogP contribution in [0.2, 0.25) is 0 Å². The monoisotopic (exact) mass is 521 g/mol. The maximum atomic E-state index is 13.2. The topological polar surface area (TPSA) is 86.0 Å². The number of hydrogen-bond donors (Lipinski definition) is 2. The third-order valence-corrected chi connectivity index (χ3v) is 5.97. The molecular weight excluding hydrogens is 477 g/mol. The Balaban J connectivity index is 0.00000229.